The van der Waals surface area contributed by atoms with Crippen molar-refractivity contribution in [3.63, 3.8) is 0 Å². The fourth-order valence-corrected chi connectivity index (χ4v) is 2.54. The van der Waals surface area contributed by atoms with Gasteiger partial charge in [-0.3, -0.25) is 9.48 Å². The Morgan fingerprint density at radius 2 is 2.25 bits per heavy atom. The number of methoxy groups -OCH3 is 1. The van der Waals surface area contributed by atoms with E-state index in [2.05, 4.69) is 15.7 Å². The first-order valence-electron chi connectivity index (χ1n) is 6.62. The van der Waals surface area contributed by atoms with Crippen LogP contribution >= 0.6 is 12.4 Å². The van der Waals surface area contributed by atoms with E-state index in [9.17, 15) is 4.79 Å². The van der Waals surface area contributed by atoms with Crippen LogP contribution in [0.25, 0.3) is 0 Å². The van der Waals surface area contributed by atoms with E-state index in [0.717, 1.165) is 25.9 Å². The van der Waals surface area contributed by atoms with Crippen LogP contribution in [0.4, 0.5) is 0 Å². The van der Waals surface area contributed by atoms with Crippen molar-refractivity contribution in [2.45, 2.75) is 12.8 Å². The SMILES string of the molecule is COCC1(CNC(=O)c2cnn(C)c2)CCNCC1.Cl. The molecule has 2 heterocycles. The Balaban J connectivity index is 0.00000200. The number of aryl methyl sites for hydroxylation is 1. The van der Waals surface area contributed by atoms with Crippen molar-refractivity contribution in [1.82, 2.24) is 20.4 Å². The summed E-state index contributed by atoms with van der Waals surface area (Å²) in [5, 5.41) is 10.4. The van der Waals surface area contributed by atoms with E-state index in [-0.39, 0.29) is 23.7 Å². The third-order valence-electron chi connectivity index (χ3n) is 3.71. The Morgan fingerprint density at radius 1 is 1.55 bits per heavy atom. The van der Waals surface area contributed by atoms with Gasteiger partial charge in [0.2, 0.25) is 0 Å². The van der Waals surface area contributed by atoms with Gasteiger partial charge in [-0.05, 0) is 25.9 Å². The number of halogens is 1. The molecular formula is C13H23ClN4O2. The maximum atomic E-state index is 12.0. The number of carbonyl (C=O) groups is 1. The quantitative estimate of drug-likeness (QED) is 0.835. The van der Waals surface area contributed by atoms with Crippen molar-refractivity contribution in [1.29, 1.82) is 0 Å². The molecule has 0 bridgehead atoms. The number of nitrogens with zero attached hydrogens (tertiary/aromatic N) is 2. The first-order chi connectivity index (χ1) is 9.15. The number of piperidine rings is 1. The summed E-state index contributed by atoms with van der Waals surface area (Å²) in [4.78, 5) is 12.0. The van der Waals surface area contributed by atoms with Gasteiger partial charge in [0.25, 0.3) is 5.91 Å². The minimum Gasteiger partial charge on any atom is -0.384 e. The van der Waals surface area contributed by atoms with Crippen LogP contribution in [0.1, 0.15) is 23.2 Å². The zero-order chi connectivity index (χ0) is 13.7. The lowest BCUT2D eigenvalue weighted by Gasteiger charge is -2.37. The molecule has 0 saturated carbocycles. The number of amides is 1. The molecule has 1 aliphatic heterocycles. The van der Waals surface area contributed by atoms with Crippen LogP contribution in [0.5, 0.6) is 0 Å². The fourth-order valence-electron chi connectivity index (χ4n) is 2.54. The van der Waals surface area contributed by atoms with Crippen LogP contribution in [0.2, 0.25) is 0 Å². The van der Waals surface area contributed by atoms with E-state index < -0.39 is 0 Å². The number of carbonyl (C=O) groups excluding carboxylic acids is 1. The number of hydrogen-bond acceptors (Lipinski definition) is 4. The third-order valence-corrected chi connectivity index (χ3v) is 3.71. The molecule has 1 saturated heterocycles. The molecule has 1 aromatic rings. The number of ether oxygens (including phenoxy) is 1. The summed E-state index contributed by atoms with van der Waals surface area (Å²) in [7, 11) is 3.52. The van der Waals surface area contributed by atoms with E-state index in [0.29, 0.717) is 18.7 Å². The Kier molecular flexibility index (Phi) is 6.45. The van der Waals surface area contributed by atoms with Crippen molar-refractivity contribution in [2.24, 2.45) is 12.5 Å². The minimum absolute atomic E-state index is 0. The standard InChI is InChI=1S/C13H22N4O2.ClH/c1-17-8-11(7-16-17)12(18)15-9-13(10-19-2)3-5-14-6-4-13;/h7-8,14H,3-6,9-10H2,1-2H3,(H,15,18);1H. The molecule has 20 heavy (non-hydrogen) atoms. The van der Waals surface area contributed by atoms with Crippen LogP contribution in [0, 0.1) is 5.41 Å². The lowest BCUT2D eigenvalue weighted by Crippen LogP contribution is -2.47. The lowest BCUT2D eigenvalue weighted by molar-refractivity contribution is 0.0511. The van der Waals surface area contributed by atoms with E-state index in [4.69, 9.17) is 4.74 Å². The summed E-state index contributed by atoms with van der Waals surface area (Å²) in [5.41, 5.74) is 0.654. The zero-order valence-electron chi connectivity index (χ0n) is 12.0. The van der Waals surface area contributed by atoms with Gasteiger partial charge in [0, 0.05) is 32.3 Å². The molecular weight excluding hydrogens is 280 g/mol. The van der Waals surface area contributed by atoms with E-state index in [1.54, 1.807) is 31.2 Å². The average molecular weight is 303 g/mol. The van der Waals surface area contributed by atoms with E-state index in [1.165, 1.54) is 0 Å². The van der Waals surface area contributed by atoms with Gasteiger partial charge >= 0.3 is 0 Å². The number of hydrogen-bond donors (Lipinski definition) is 2. The minimum atomic E-state index is -0.0675. The normalized spacial score (nSPS) is 17.3. The van der Waals surface area contributed by atoms with Crippen LogP contribution in [0.15, 0.2) is 12.4 Å². The highest BCUT2D eigenvalue weighted by molar-refractivity contribution is 5.93. The van der Waals surface area contributed by atoms with Crippen LogP contribution in [0.3, 0.4) is 0 Å². The van der Waals surface area contributed by atoms with Gasteiger partial charge < -0.3 is 15.4 Å². The Labute approximate surface area is 125 Å². The lowest BCUT2D eigenvalue weighted by atomic mass is 9.79. The predicted molar refractivity (Wildman–Crippen MR) is 79.2 cm³/mol. The molecule has 2 rings (SSSR count). The molecule has 1 amide bonds. The first-order valence-corrected chi connectivity index (χ1v) is 6.62. The van der Waals surface area contributed by atoms with Crippen molar-refractivity contribution >= 4 is 18.3 Å². The zero-order valence-corrected chi connectivity index (χ0v) is 12.8. The number of rotatable bonds is 5. The Hall–Kier alpha value is -1.11. The van der Waals surface area contributed by atoms with Gasteiger partial charge in [0.05, 0.1) is 18.4 Å². The van der Waals surface area contributed by atoms with Crippen LogP contribution in [-0.2, 0) is 11.8 Å². The first kappa shape index (κ1) is 16.9. The fraction of sp³-hybridized carbons (Fsp3) is 0.692. The molecule has 0 spiro atoms. The summed E-state index contributed by atoms with van der Waals surface area (Å²) in [6.45, 7) is 3.29. The second-order valence-corrected chi connectivity index (χ2v) is 5.27. The van der Waals surface area contributed by atoms with Gasteiger partial charge in [0.15, 0.2) is 0 Å². The summed E-state index contributed by atoms with van der Waals surface area (Å²) in [5.74, 6) is -0.0675. The highest BCUT2D eigenvalue weighted by Gasteiger charge is 2.32. The van der Waals surface area contributed by atoms with Crippen molar-refractivity contribution in [3.05, 3.63) is 18.0 Å². The average Bonchev–Trinajstić information content (AvgIpc) is 2.84. The summed E-state index contributed by atoms with van der Waals surface area (Å²) in [6, 6.07) is 0. The van der Waals surface area contributed by atoms with Gasteiger partial charge in [-0.15, -0.1) is 12.4 Å². The molecule has 6 nitrogen and oxygen atoms in total. The second-order valence-electron chi connectivity index (χ2n) is 5.27. The monoisotopic (exact) mass is 302 g/mol. The van der Waals surface area contributed by atoms with Crippen LogP contribution in [-0.4, -0.2) is 49.0 Å². The van der Waals surface area contributed by atoms with Gasteiger partial charge in [-0.25, -0.2) is 0 Å². The molecule has 1 fully saturated rings. The molecule has 7 heteroatoms. The van der Waals surface area contributed by atoms with Crippen molar-refractivity contribution in [3.8, 4) is 0 Å². The van der Waals surface area contributed by atoms with Gasteiger partial charge in [-0.1, -0.05) is 0 Å². The largest absolute Gasteiger partial charge is 0.384 e. The summed E-state index contributed by atoms with van der Waals surface area (Å²) >= 11 is 0. The Morgan fingerprint density at radius 3 is 2.80 bits per heavy atom. The smallest absolute Gasteiger partial charge is 0.254 e. The Bertz CT molecular complexity index is 424. The highest BCUT2D eigenvalue weighted by Crippen LogP contribution is 2.28. The van der Waals surface area contributed by atoms with E-state index >= 15 is 0 Å². The van der Waals surface area contributed by atoms with Crippen molar-refractivity contribution in [2.75, 3.05) is 33.4 Å². The van der Waals surface area contributed by atoms with Crippen molar-refractivity contribution < 1.29 is 9.53 Å². The molecule has 2 N–H and O–H groups in total. The molecule has 1 aliphatic rings. The second kappa shape index (κ2) is 7.61. The van der Waals surface area contributed by atoms with Gasteiger partial charge in [0.1, 0.15) is 0 Å². The molecule has 0 aromatic carbocycles. The number of aromatic nitrogens is 2. The van der Waals surface area contributed by atoms with E-state index in [1.807, 2.05) is 0 Å². The maximum absolute atomic E-state index is 12.0. The summed E-state index contributed by atoms with van der Waals surface area (Å²) < 4.78 is 6.96. The predicted octanol–water partition coefficient (Wildman–Crippen LogP) is 0.588. The molecule has 0 atom stereocenters. The number of nitrogens with one attached hydrogen (secondary N) is 2. The molecule has 0 aliphatic carbocycles. The molecule has 114 valence electrons. The van der Waals surface area contributed by atoms with Crippen LogP contribution < -0.4 is 10.6 Å². The molecule has 0 unspecified atom stereocenters. The third kappa shape index (κ3) is 4.19. The summed E-state index contributed by atoms with van der Waals surface area (Å²) in [6.07, 6.45) is 5.35. The van der Waals surface area contributed by atoms with Gasteiger partial charge in [-0.2, -0.15) is 5.10 Å². The maximum Gasteiger partial charge on any atom is 0.254 e. The highest BCUT2D eigenvalue weighted by atomic mass is 35.5. The molecule has 1 aromatic heterocycles. The molecule has 0 radical (unpaired) electrons. The topological polar surface area (TPSA) is 68.2 Å².